The third kappa shape index (κ3) is 4.08. The van der Waals surface area contributed by atoms with Crippen LogP contribution in [0.15, 0.2) is 55.0 Å². The van der Waals surface area contributed by atoms with Gasteiger partial charge in [-0.15, -0.1) is 0 Å². The van der Waals surface area contributed by atoms with Crippen LogP contribution in [0.25, 0.3) is 16.9 Å². The highest BCUT2D eigenvalue weighted by Crippen LogP contribution is 2.27. The maximum atomic E-state index is 14.7. The van der Waals surface area contributed by atoms with Crippen LogP contribution in [0.4, 0.5) is 21.6 Å². The number of piperazine rings is 1. The number of amides is 1. The third-order valence-corrected chi connectivity index (χ3v) is 5.83. The van der Waals surface area contributed by atoms with Crippen molar-refractivity contribution < 1.29 is 9.18 Å². The number of fused-ring (bicyclic) bond motifs is 1. The summed E-state index contributed by atoms with van der Waals surface area (Å²) in [4.78, 5) is 24.8. The molecular formula is C23H23FN8O. The molecule has 1 fully saturated rings. The molecule has 2 aromatic carbocycles. The predicted octanol–water partition coefficient (Wildman–Crippen LogP) is 2.52. The number of nitrogens with one attached hydrogen (secondary N) is 1. The van der Waals surface area contributed by atoms with Crippen molar-refractivity contribution in [2.75, 3.05) is 43.4 Å². The fraction of sp³-hybridized carbons (Fsp3) is 0.217. The number of anilines is 3. The standard InChI is InChI=1S/C23H23FN8O/c1-30-8-10-31(11-9-30)17-5-3-16(4-6-17)29-22-23-27-14-28-32(23)20(13-26-22)18-7-2-15(21(25)33)12-19(18)24/h2-7,12-14H,8-11H2,1H3,(H2,25,33)(H,26,29). The monoisotopic (exact) mass is 446 g/mol. The van der Waals surface area contributed by atoms with Gasteiger partial charge in [-0.1, -0.05) is 0 Å². The Kier molecular flexibility index (Phi) is 5.35. The van der Waals surface area contributed by atoms with Gasteiger partial charge in [0.15, 0.2) is 11.5 Å². The minimum absolute atomic E-state index is 0.0948. The Morgan fingerprint density at radius 2 is 1.82 bits per heavy atom. The molecule has 1 amide bonds. The van der Waals surface area contributed by atoms with Gasteiger partial charge in [0.25, 0.3) is 0 Å². The zero-order valence-corrected chi connectivity index (χ0v) is 18.1. The van der Waals surface area contributed by atoms with Crippen LogP contribution >= 0.6 is 0 Å². The van der Waals surface area contributed by atoms with Crippen LogP contribution < -0.4 is 16.0 Å². The number of hydrogen-bond donors (Lipinski definition) is 2. The SMILES string of the molecule is CN1CCN(c2ccc(Nc3ncc(-c4ccc(C(N)=O)cc4F)n4ncnc34)cc2)CC1. The van der Waals surface area contributed by atoms with Crippen molar-refractivity contribution in [1.29, 1.82) is 0 Å². The Hall–Kier alpha value is -4.05. The van der Waals surface area contributed by atoms with E-state index >= 15 is 0 Å². The van der Waals surface area contributed by atoms with E-state index in [2.05, 4.69) is 49.4 Å². The Morgan fingerprint density at radius 3 is 2.52 bits per heavy atom. The topological polar surface area (TPSA) is 105 Å². The van der Waals surface area contributed by atoms with Crippen LogP contribution in [0.1, 0.15) is 10.4 Å². The molecule has 0 spiro atoms. The van der Waals surface area contributed by atoms with Crippen LogP contribution in [-0.4, -0.2) is 63.6 Å². The Morgan fingerprint density at radius 1 is 1.06 bits per heavy atom. The van der Waals surface area contributed by atoms with Gasteiger partial charge < -0.3 is 20.9 Å². The summed E-state index contributed by atoms with van der Waals surface area (Å²) in [5.41, 5.74) is 8.47. The number of hydrogen-bond acceptors (Lipinski definition) is 7. The van der Waals surface area contributed by atoms with E-state index in [9.17, 15) is 9.18 Å². The molecule has 10 heteroatoms. The van der Waals surface area contributed by atoms with Gasteiger partial charge >= 0.3 is 0 Å². The number of primary amides is 1. The molecule has 2 aromatic heterocycles. The van der Waals surface area contributed by atoms with Crippen LogP contribution in [-0.2, 0) is 0 Å². The molecule has 168 valence electrons. The number of nitrogens with zero attached hydrogens (tertiary/aromatic N) is 6. The molecule has 4 aromatic rings. The molecule has 0 atom stereocenters. The van der Waals surface area contributed by atoms with Crippen molar-refractivity contribution in [3.05, 3.63) is 66.4 Å². The molecule has 33 heavy (non-hydrogen) atoms. The minimum atomic E-state index is -0.692. The van der Waals surface area contributed by atoms with E-state index in [0.29, 0.717) is 17.2 Å². The van der Waals surface area contributed by atoms with Gasteiger partial charge in [-0.2, -0.15) is 5.10 Å². The van der Waals surface area contributed by atoms with Crippen LogP contribution in [0.5, 0.6) is 0 Å². The van der Waals surface area contributed by atoms with Crippen LogP contribution in [0.2, 0.25) is 0 Å². The van der Waals surface area contributed by atoms with Gasteiger partial charge in [0, 0.05) is 48.7 Å². The normalized spacial score (nSPS) is 14.5. The zero-order valence-electron chi connectivity index (χ0n) is 18.1. The van der Waals surface area contributed by atoms with Crippen molar-refractivity contribution >= 4 is 28.7 Å². The lowest BCUT2D eigenvalue weighted by Crippen LogP contribution is -2.44. The van der Waals surface area contributed by atoms with Gasteiger partial charge in [-0.05, 0) is 49.5 Å². The van der Waals surface area contributed by atoms with Crippen molar-refractivity contribution in [1.82, 2.24) is 24.5 Å². The summed E-state index contributed by atoms with van der Waals surface area (Å²) in [6.07, 6.45) is 2.91. The van der Waals surface area contributed by atoms with E-state index in [1.807, 2.05) is 12.1 Å². The highest BCUT2D eigenvalue weighted by Gasteiger charge is 2.17. The molecule has 1 saturated heterocycles. The summed E-state index contributed by atoms with van der Waals surface area (Å²) >= 11 is 0. The van der Waals surface area contributed by atoms with Gasteiger partial charge in [-0.3, -0.25) is 4.79 Å². The average molecular weight is 446 g/mol. The summed E-state index contributed by atoms with van der Waals surface area (Å²) in [6, 6.07) is 12.2. The lowest BCUT2D eigenvalue weighted by atomic mass is 10.1. The Balaban J connectivity index is 1.41. The number of likely N-dealkylation sites (N-methyl/N-ethyl adjacent to an activating group) is 1. The fourth-order valence-corrected chi connectivity index (χ4v) is 3.92. The van der Waals surface area contributed by atoms with E-state index in [0.717, 1.165) is 37.9 Å². The second-order valence-corrected chi connectivity index (χ2v) is 8.01. The first-order valence-corrected chi connectivity index (χ1v) is 10.6. The first-order valence-electron chi connectivity index (χ1n) is 10.6. The van der Waals surface area contributed by atoms with Crippen molar-refractivity contribution in [2.24, 2.45) is 5.73 Å². The fourth-order valence-electron chi connectivity index (χ4n) is 3.92. The highest BCUT2D eigenvalue weighted by molar-refractivity contribution is 5.93. The highest BCUT2D eigenvalue weighted by atomic mass is 19.1. The molecule has 0 unspecified atom stereocenters. The number of halogens is 1. The molecule has 3 N–H and O–H groups in total. The van der Waals surface area contributed by atoms with E-state index in [1.165, 1.54) is 34.9 Å². The van der Waals surface area contributed by atoms with E-state index in [-0.39, 0.29) is 11.1 Å². The molecular weight excluding hydrogens is 423 g/mol. The van der Waals surface area contributed by atoms with Crippen LogP contribution in [0.3, 0.4) is 0 Å². The summed E-state index contributed by atoms with van der Waals surface area (Å²) in [6.45, 7) is 4.10. The molecule has 0 bridgehead atoms. The molecule has 5 rings (SSSR count). The maximum absolute atomic E-state index is 14.7. The summed E-state index contributed by atoms with van der Waals surface area (Å²) in [7, 11) is 2.14. The molecule has 1 aliphatic heterocycles. The quantitative estimate of drug-likeness (QED) is 0.485. The van der Waals surface area contributed by atoms with Gasteiger partial charge in [0.05, 0.1) is 11.9 Å². The van der Waals surface area contributed by atoms with Gasteiger partial charge in [0.1, 0.15) is 12.1 Å². The van der Waals surface area contributed by atoms with Crippen molar-refractivity contribution in [3.63, 3.8) is 0 Å². The Labute approximate surface area is 189 Å². The summed E-state index contributed by atoms with van der Waals surface area (Å²) < 4.78 is 16.2. The summed E-state index contributed by atoms with van der Waals surface area (Å²) in [5, 5.41) is 7.51. The van der Waals surface area contributed by atoms with E-state index in [4.69, 9.17) is 5.73 Å². The molecule has 3 heterocycles. The smallest absolute Gasteiger partial charge is 0.248 e. The largest absolute Gasteiger partial charge is 0.369 e. The van der Waals surface area contributed by atoms with Crippen LogP contribution in [0, 0.1) is 5.82 Å². The number of aromatic nitrogens is 4. The lowest BCUT2D eigenvalue weighted by molar-refractivity contribution is 0.1000. The number of benzene rings is 2. The van der Waals surface area contributed by atoms with Crippen molar-refractivity contribution in [3.8, 4) is 11.3 Å². The van der Waals surface area contributed by atoms with Crippen molar-refractivity contribution in [2.45, 2.75) is 0 Å². The number of carbonyl (C=O) groups is 1. The first kappa shape index (κ1) is 20.8. The second-order valence-electron chi connectivity index (χ2n) is 8.01. The summed E-state index contributed by atoms with van der Waals surface area (Å²) in [5.74, 6) is -0.787. The number of carbonyl (C=O) groups excluding carboxylic acids is 1. The predicted molar refractivity (Wildman–Crippen MR) is 124 cm³/mol. The lowest BCUT2D eigenvalue weighted by Gasteiger charge is -2.34. The molecule has 0 saturated carbocycles. The van der Waals surface area contributed by atoms with Gasteiger partial charge in [0.2, 0.25) is 5.91 Å². The molecule has 1 aliphatic rings. The van der Waals surface area contributed by atoms with E-state index < -0.39 is 11.7 Å². The average Bonchev–Trinajstić information content (AvgIpc) is 3.31. The molecule has 9 nitrogen and oxygen atoms in total. The minimum Gasteiger partial charge on any atom is -0.369 e. The number of nitrogens with two attached hydrogens (primary N) is 1. The molecule has 0 aliphatic carbocycles. The second kappa shape index (κ2) is 8.47. The number of rotatable bonds is 5. The zero-order chi connectivity index (χ0) is 22.9. The van der Waals surface area contributed by atoms with E-state index in [1.54, 1.807) is 0 Å². The van der Waals surface area contributed by atoms with Gasteiger partial charge in [-0.25, -0.2) is 18.9 Å². The first-order chi connectivity index (χ1) is 16.0. The Bertz CT molecular complexity index is 1310. The third-order valence-electron chi connectivity index (χ3n) is 5.83. The molecule has 0 radical (unpaired) electrons. The maximum Gasteiger partial charge on any atom is 0.248 e.